The average Bonchev–Trinajstić information content (AvgIpc) is 3.22. The van der Waals surface area contributed by atoms with Gasteiger partial charge in [-0.2, -0.15) is 5.26 Å². The van der Waals surface area contributed by atoms with E-state index in [0.717, 1.165) is 3.39 Å². The van der Waals surface area contributed by atoms with E-state index in [1.807, 2.05) is 26.0 Å². The molecule has 3 rings (SSSR count). The molecule has 3 atom stereocenters. The number of hydrogen-bond acceptors (Lipinski definition) is 4. The van der Waals surface area contributed by atoms with E-state index >= 15 is 0 Å². The molecule has 0 saturated heterocycles. The molecule has 4 nitrogen and oxygen atoms in total. The van der Waals surface area contributed by atoms with Gasteiger partial charge in [-0.25, -0.2) is 13.2 Å². The second-order valence-electron chi connectivity index (χ2n) is 7.60. The zero-order valence-electron chi connectivity index (χ0n) is 16.3. The molecule has 0 heterocycles. The van der Waals surface area contributed by atoms with Gasteiger partial charge in [0.2, 0.25) is 6.10 Å². The van der Waals surface area contributed by atoms with Crippen molar-refractivity contribution in [1.82, 2.24) is 0 Å². The number of nitrogens with zero attached hydrogens (tertiary/aromatic N) is 1. The van der Waals surface area contributed by atoms with Crippen LogP contribution in [0.4, 0.5) is 13.2 Å². The molecule has 1 aliphatic carbocycles. The molecule has 0 aliphatic heterocycles. The Morgan fingerprint density at radius 1 is 1.19 bits per heavy atom. The van der Waals surface area contributed by atoms with Crippen molar-refractivity contribution in [3.63, 3.8) is 0 Å². The van der Waals surface area contributed by atoms with Gasteiger partial charge in [0.15, 0.2) is 17.4 Å². The summed E-state index contributed by atoms with van der Waals surface area (Å²) in [4.78, 5) is 12.7. The second-order valence-corrected chi connectivity index (χ2v) is 10.4. The lowest BCUT2D eigenvalue weighted by Gasteiger charge is -2.14. The van der Waals surface area contributed by atoms with Gasteiger partial charge in [-0.1, -0.05) is 32.1 Å². The van der Waals surface area contributed by atoms with Crippen molar-refractivity contribution in [2.75, 3.05) is 0 Å². The molecule has 1 aliphatic rings. The first-order valence-electron chi connectivity index (χ1n) is 9.10. The Labute approximate surface area is 193 Å². The molecule has 162 valence electrons. The fraction of sp³-hybridized carbons (Fsp3) is 0.273. The molecular formula is C22H16Br2F3NO3. The van der Waals surface area contributed by atoms with E-state index in [2.05, 4.69) is 31.9 Å². The number of nitriles is 1. The van der Waals surface area contributed by atoms with E-state index in [0.29, 0.717) is 12.1 Å². The summed E-state index contributed by atoms with van der Waals surface area (Å²) in [7, 11) is 0. The Morgan fingerprint density at radius 2 is 1.84 bits per heavy atom. The van der Waals surface area contributed by atoms with Crippen LogP contribution < -0.4 is 4.74 Å². The lowest BCUT2D eigenvalue weighted by molar-refractivity contribution is -0.149. The maximum Gasteiger partial charge on any atom is 0.311 e. The van der Waals surface area contributed by atoms with E-state index in [9.17, 15) is 23.2 Å². The molecule has 3 unspecified atom stereocenters. The highest BCUT2D eigenvalue weighted by Gasteiger charge is 2.61. The molecule has 2 aromatic carbocycles. The van der Waals surface area contributed by atoms with Gasteiger partial charge in [0.25, 0.3) is 0 Å². The summed E-state index contributed by atoms with van der Waals surface area (Å²) in [5.74, 6) is -5.29. The first-order chi connectivity index (χ1) is 14.5. The van der Waals surface area contributed by atoms with Crippen LogP contribution in [0.2, 0.25) is 0 Å². The van der Waals surface area contributed by atoms with Crippen LogP contribution in [-0.4, -0.2) is 5.97 Å². The molecule has 1 fully saturated rings. The van der Waals surface area contributed by atoms with Crippen LogP contribution in [0.5, 0.6) is 11.5 Å². The highest BCUT2D eigenvalue weighted by atomic mass is 79.9. The summed E-state index contributed by atoms with van der Waals surface area (Å²) in [5.41, 5.74) is -0.0598. The Balaban J connectivity index is 1.78. The second kappa shape index (κ2) is 9.05. The lowest BCUT2D eigenvalue weighted by Crippen LogP contribution is -2.14. The summed E-state index contributed by atoms with van der Waals surface area (Å²) < 4.78 is 52.1. The molecule has 0 N–H and O–H groups in total. The van der Waals surface area contributed by atoms with Crippen molar-refractivity contribution in [2.24, 2.45) is 17.3 Å². The van der Waals surface area contributed by atoms with E-state index in [-0.39, 0.29) is 22.6 Å². The van der Waals surface area contributed by atoms with Crippen molar-refractivity contribution < 1.29 is 27.4 Å². The van der Waals surface area contributed by atoms with Gasteiger partial charge in [-0.05, 0) is 55.3 Å². The minimum atomic E-state index is -1.24. The standard InChI is InChI=1S/C22H16Br2F3NO3/c1-22(2)14(9-18(23)24)19(22)21(29)31-17(10-28)11-4-3-5-13(6-11)30-20-15(26)7-12(25)8-16(20)27/h3-9,14,17,19H,1-2H3. The Morgan fingerprint density at radius 3 is 2.42 bits per heavy atom. The first kappa shape index (κ1) is 23.4. The number of benzene rings is 2. The van der Waals surface area contributed by atoms with E-state index < -0.39 is 41.2 Å². The van der Waals surface area contributed by atoms with Gasteiger partial charge in [-0.3, -0.25) is 4.79 Å². The normalized spacial score (nSPS) is 19.7. The summed E-state index contributed by atoms with van der Waals surface area (Å²) in [6.45, 7) is 3.84. The van der Waals surface area contributed by atoms with Crippen LogP contribution in [0.15, 0.2) is 45.9 Å². The smallest absolute Gasteiger partial charge is 0.311 e. The molecule has 9 heteroatoms. The molecule has 1 saturated carbocycles. The van der Waals surface area contributed by atoms with Crippen LogP contribution in [0.1, 0.15) is 25.5 Å². The van der Waals surface area contributed by atoms with Crippen LogP contribution >= 0.6 is 31.9 Å². The lowest BCUT2D eigenvalue weighted by atomic mass is 10.1. The van der Waals surface area contributed by atoms with Gasteiger partial charge in [0.05, 0.1) is 9.31 Å². The van der Waals surface area contributed by atoms with Crippen molar-refractivity contribution in [1.29, 1.82) is 5.26 Å². The fourth-order valence-electron chi connectivity index (χ4n) is 3.42. The maximum absolute atomic E-state index is 13.9. The largest absolute Gasteiger partial charge is 0.451 e. The van der Waals surface area contributed by atoms with Crippen LogP contribution in [-0.2, 0) is 9.53 Å². The third-order valence-corrected chi connectivity index (χ3v) is 5.69. The number of ether oxygens (including phenoxy) is 2. The molecule has 0 amide bonds. The zero-order chi connectivity index (χ0) is 22.9. The number of hydrogen-bond donors (Lipinski definition) is 0. The first-order valence-corrected chi connectivity index (χ1v) is 10.7. The molecule has 31 heavy (non-hydrogen) atoms. The number of allylic oxidation sites excluding steroid dienone is 1. The van der Waals surface area contributed by atoms with E-state index in [1.165, 1.54) is 24.3 Å². The fourth-order valence-corrected chi connectivity index (χ4v) is 3.99. The molecule has 2 aromatic rings. The van der Waals surface area contributed by atoms with Crippen molar-refractivity contribution in [3.05, 3.63) is 68.9 Å². The Kier molecular flexibility index (Phi) is 6.82. The summed E-state index contributed by atoms with van der Waals surface area (Å²) in [6.07, 6.45) is 0.612. The van der Waals surface area contributed by atoms with Crippen molar-refractivity contribution >= 4 is 37.8 Å². The molecule has 0 bridgehead atoms. The van der Waals surface area contributed by atoms with Crippen LogP contribution in [0, 0.1) is 46.0 Å². The van der Waals surface area contributed by atoms with Gasteiger partial charge >= 0.3 is 5.97 Å². The molecule has 0 spiro atoms. The van der Waals surface area contributed by atoms with Gasteiger partial charge in [0, 0.05) is 17.7 Å². The SMILES string of the molecule is CC1(C)C(C=C(Br)Br)C1C(=O)OC(C#N)c1cccc(Oc2c(F)cc(F)cc2F)c1. The van der Waals surface area contributed by atoms with Crippen LogP contribution in [0.25, 0.3) is 0 Å². The highest BCUT2D eigenvalue weighted by molar-refractivity contribution is 9.28. The average molecular weight is 559 g/mol. The summed E-state index contributed by atoms with van der Waals surface area (Å²) in [5, 5.41) is 9.51. The predicted molar refractivity (Wildman–Crippen MR) is 114 cm³/mol. The third kappa shape index (κ3) is 5.13. The summed E-state index contributed by atoms with van der Waals surface area (Å²) in [6, 6.07) is 8.63. The van der Waals surface area contributed by atoms with Gasteiger partial charge in [-0.15, -0.1) is 0 Å². The predicted octanol–water partition coefficient (Wildman–Crippen LogP) is 6.91. The van der Waals surface area contributed by atoms with E-state index in [4.69, 9.17) is 9.47 Å². The monoisotopic (exact) mass is 557 g/mol. The van der Waals surface area contributed by atoms with Crippen molar-refractivity contribution in [3.8, 4) is 17.6 Å². The number of rotatable bonds is 6. The number of carbonyl (C=O) groups is 1. The maximum atomic E-state index is 13.9. The van der Waals surface area contributed by atoms with Crippen molar-refractivity contribution in [2.45, 2.75) is 20.0 Å². The molecule has 0 radical (unpaired) electrons. The number of esters is 1. The highest BCUT2D eigenvalue weighted by Crippen LogP contribution is 2.60. The van der Waals surface area contributed by atoms with Gasteiger partial charge in [0.1, 0.15) is 17.6 Å². The van der Waals surface area contributed by atoms with Gasteiger partial charge < -0.3 is 9.47 Å². The number of halogens is 5. The minimum absolute atomic E-state index is 0.00557. The Bertz CT molecular complexity index is 1070. The third-order valence-electron chi connectivity index (χ3n) is 5.17. The summed E-state index contributed by atoms with van der Waals surface area (Å²) >= 11 is 6.56. The Hall–Kier alpha value is -2.31. The quantitative estimate of drug-likeness (QED) is 0.361. The zero-order valence-corrected chi connectivity index (χ0v) is 19.5. The molecular weight excluding hydrogens is 543 g/mol. The van der Waals surface area contributed by atoms with E-state index in [1.54, 1.807) is 0 Å². The minimum Gasteiger partial charge on any atom is -0.451 e. The van der Waals surface area contributed by atoms with Crippen LogP contribution in [0.3, 0.4) is 0 Å². The molecule has 0 aromatic heterocycles. The topological polar surface area (TPSA) is 59.3 Å². The number of carbonyl (C=O) groups excluding carboxylic acids is 1.